The van der Waals surface area contributed by atoms with E-state index in [1.54, 1.807) is 25.8 Å². The van der Waals surface area contributed by atoms with E-state index in [9.17, 15) is 14.4 Å². The smallest absolute Gasteiger partial charge is 0.269 e. The van der Waals surface area contributed by atoms with Gasteiger partial charge in [0.1, 0.15) is 17.8 Å². The molecule has 27 heavy (non-hydrogen) atoms. The quantitative estimate of drug-likeness (QED) is 0.403. The highest BCUT2D eigenvalue weighted by atomic mass is 16.4. The predicted molar refractivity (Wildman–Crippen MR) is 100 cm³/mol. The van der Waals surface area contributed by atoms with Crippen LogP contribution in [0.1, 0.15) is 37.9 Å². The van der Waals surface area contributed by atoms with Crippen LogP contribution in [0.4, 0.5) is 0 Å². The Morgan fingerprint density at radius 2 is 1.93 bits per heavy atom. The Hall–Kier alpha value is -2.90. The molecule has 0 aromatic heterocycles. The zero-order valence-electron chi connectivity index (χ0n) is 16.0. The van der Waals surface area contributed by atoms with Crippen LogP contribution in [0, 0.1) is 5.92 Å². The largest absolute Gasteiger partial charge is 0.410 e. The molecule has 1 aromatic rings. The molecule has 1 aliphatic heterocycles. The summed E-state index contributed by atoms with van der Waals surface area (Å²) in [6.07, 6.45) is 0.710. The van der Waals surface area contributed by atoms with Crippen molar-refractivity contribution in [2.24, 2.45) is 11.1 Å². The molecule has 0 saturated heterocycles. The highest BCUT2D eigenvalue weighted by Crippen LogP contribution is 2.24. The third-order valence-corrected chi connectivity index (χ3v) is 4.62. The van der Waals surface area contributed by atoms with Crippen LogP contribution in [0.3, 0.4) is 0 Å². The first-order valence-electron chi connectivity index (χ1n) is 8.92. The molecule has 1 aromatic carbocycles. The average molecular weight is 374 g/mol. The summed E-state index contributed by atoms with van der Waals surface area (Å²) in [6, 6.07) is 5.79. The van der Waals surface area contributed by atoms with Gasteiger partial charge in [-0.1, -0.05) is 43.3 Å². The van der Waals surface area contributed by atoms with Crippen LogP contribution in [-0.2, 0) is 20.8 Å². The number of hydrogen-bond donors (Lipinski definition) is 3. The number of rotatable bonds is 5. The molecule has 3 amide bonds. The lowest BCUT2D eigenvalue weighted by molar-refractivity contribution is -0.136. The molecular weight excluding hydrogens is 348 g/mol. The van der Waals surface area contributed by atoms with E-state index in [1.807, 2.05) is 24.3 Å². The van der Waals surface area contributed by atoms with Gasteiger partial charge in [-0.05, 0) is 24.5 Å². The van der Waals surface area contributed by atoms with Crippen molar-refractivity contribution < 1.29 is 19.6 Å². The monoisotopic (exact) mass is 374 g/mol. The minimum atomic E-state index is -0.901. The Morgan fingerprint density at radius 1 is 1.26 bits per heavy atom. The first-order chi connectivity index (χ1) is 12.8. The minimum Gasteiger partial charge on any atom is -0.410 e. The van der Waals surface area contributed by atoms with Gasteiger partial charge in [0.2, 0.25) is 11.8 Å². The number of hydrogen-bond acceptors (Lipinski definition) is 5. The fraction of sp³-hybridized carbons (Fsp3) is 0.474. The summed E-state index contributed by atoms with van der Waals surface area (Å²) in [5.41, 5.74) is 1.70. The van der Waals surface area contributed by atoms with Gasteiger partial charge in [-0.15, -0.1) is 0 Å². The van der Waals surface area contributed by atoms with Gasteiger partial charge < -0.3 is 20.7 Å². The molecule has 1 aliphatic rings. The molecule has 2 atom stereocenters. The molecule has 146 valence electrons. The number of nitrogens with zero attached hydrogens (tertiary/aromatic N) is 2. The second kappa shape index (κ2) is 8.66. The Bertz CT molecular complexity index is 760. The SMILES string of the molecule is CC(C)C(=NO)C(=O)NC(C)C(=O)N[C@H]1C(=O)N(C)CCc2ccccc21. The number of nitrogens with one attached hydrogen (secondary N) is 2. The number of fused-ring (bicyclic) bond motifs is 1. The standard InChI is InChI=1S/C19H26N4O4/c1-11(2)15(22-27)18(25)20-12(3)17(24)21-16-14-8-6-5-7-13(14)9-10-23(4)19(16)26/h5-8,11-12,16,27H,9-10H2,1-4H3,(H,20,25)(H,21,24)/t12?,16-/m1/s1. The number of benzene rings is 1. The van der Waals surface area contributed by atoms with Gasteiger partial charge in [0.05, 0.1) is 0 Å². The Balaban J connectivity index is 2.15. The molecule has 1 heterocycles. The zero-order valence-corrected chi connectivity index (χ0v) is 16.0. The van der Waals surface area contributed by atoms with Gasteiger partial charge in [-0.3, -0.25) is 14.4 Å². The zero-order chi connectivity index (χ0) is 20.1. The number of oxime groups is 1. The van der Waals surface area contributed by atoms with Crippen molar-refractivity contribution in [1.82, 2.24) is 15.5 Å². The molecular formula is C19H26N4O4. The topological polar surface area (TPSA) is 111 Å². The second-order valence-corrected chi connectivity index (χ2v) is 6.99. The van der Waals surface area contributed by atoms with Crippen LogP contribution >= 0.6 is 0 Å². The number of likely N-dealkylation sites (N-methyl/N-ethyl adjacent to an activating group) is 1. The Morgan fingerprint density at radius 3 is 2.56 bits per heavy atom. The van der Waals surface area contributed by atoms with Gasteiger partial charge in [0.25, 0.3) is 5.91 Å². The van der Waals surface area contributed by atoms with Crippen molar-refractivity contribution in [3.8, 4) is 0 Å². The normalized spacial score (nSPS) is 18.6. The van der Waals surface area contributed by atoms with Crippen LogP contribution in [0.15, 0.2) is 29.4 Å². The molecule has 0 spiro atoms. The lowest BCUT2D eigenvalue weighted by Gasteiger charge is -2.24. The third-order valence-electron chi connectivity index (χ3n) is 4.62. The first kappa shape index (κ1) is 20.4. The lowest BCUT2D eigenvalue weighted by Crippen LogP contribution is -2.50. The Labute approximate surface area is 158 Å². The van der Waals surface area contributed by atoms with Gasteiger partial charge in [-0.25, -0.2) is 0 Å². The minimum absolute atomic E-state index is 0.0646. The maximum atomic E-state index is 12.7. The van der Waals surface area contributed by atoms with Crippen LogP contribution in [0.2, 0.25) is 0 Å². The van der Waals surface area contributed by atoms with Gasteiger partial charge in [0.15, 0.2) is 0 Å². The van der Waals surface area contributed by atoms with E-state index < -0.39 is 23.9 Å². The summed E-state index contributed by atoms with van der Waals surface area (Å²) in [5.74, 6) is -1.62. The van der Waals surface area contributed by atoms with Crippen LogP contribution < -0.4 is 10.6 Å². The van der Waals surface area contributed by atoms with Gasteiger partial charge >= 0.3 is 0 Å². The molecule has 0 aliphatic carbocycles. The number of carbonyl (C=O) groups is 3. The van der Waals surface area contributed by atoms with E-state index in [4.69, 9.17) is 5.21 Å². The molecule has 0 bridgehead atoms. The molecule has 0 saturated carbocycles. The number of amides is 3. The fourth-order valence-corrected chi connectivity index (χ4v) is 2.96. The molecule has 3 N–H and O–H groups in total. The summed E-state index contributed by atoms with van der Waals surface area (Å²) in [6.45, 7) is 5.49. The third kappa shape index (κ3) is 4.64. The van der Waals surface area contributed by atoms with Crippen molar-refractivity contribution in [1.29, 1.82) is 0 Å². The summed E-state index contributed by atoms with van der Waals surface area (Å²) >= 11 is 0. The summed E-state index contributed by atoms with van der Waals surface area (Å²) in [4.78, 5) is 39.0. The fourth-order valence-electron chi connectivity index (χ4n) is 2.96. The molecule has 8 heteroatoms. The highest BCUT2D eigenvalue weighted by Gasteiger charge is 2.32. The summed E-state index contributed by atoms with van der Waals surface area (Å²) in [5, 5.41) is 17.2. The molecule has 0 radical (unpaired) electrons. The van der Waals surface area contributed by atoms with E-state index in [1.165, 1.54) is 6.92 Å². The van der Waals surface area contributed by atoms with Crippen molar-refractivity contribution >= 4 is 23.4 Å². The van der Waals surface area contributed by atoms with E-state index in [0.717, 1.165) is 11.1 Å². The van der Waals surface area contributed by atoms with E-state index in [0.29, 0.717) is 13.0 Å². The van der Waals surface area contributed by atoms with Crippen molar-refractivity contribution in [3.05, 3.63) is 35.4 Å². The molecule has 2 rings (SSSR count). The van der Waals surface area contributed by atoms with Crippen LogP contribution in [-0.4, -0.2) is 53.2 Å². The maximum absolute atomic E-state index is 12.7. The predicted octanol–water partition coefficient (Wildman–Crippen LogP) is 0.849. The summed E-state index contributed by atoms with van der Waals surface area (Å²) < 4.78 is 0. The van der Waals surface area contributed by atoms with Crippen molar-refractivity contribution in [3.63, 3.8) is 0 Å². The van der Waals surface area contributed by atoms with Crippen molar-refractivity contribution in [2.45, 2.75) is 39.3 Å². The summed E-state index contributed by atoms with van der Waals surface area (Å²) in [7, 11) is 1.70. The maximum Gasteiger partial charge on any atom is 0.269 e. The molecule has 0 fully saturated rings. The lowest BCUT2D eigenvalue weighted by atomic mass is 9.99. The highest BCUT2D eigenvalue weighted by molar-refractivity contribution is 6.39. The number of carbonyl (C=O) groups excluding carboxylic acids is 3. The van der Waals surface area contributed by atoms with Crippen LogP contribution in [0.5, 0.6) is 0 Å². The van der Waals surface area contributed by atoms with E-state index in [2.05, 4.69) is 15.8 Å². The van der Waals surface area contributed by atoms with Gasteiger partial charge in [-0.2, -0.15) is 0 Å². The molecule has 1 unspecified atom stereocenters. The van der Waals surface area contributed by atoms with Crippen LogP contribution in [0.25, 0.3) is 0 Å². The second-order valence-electron chi connectivity index (χ2n) is 6.99. The Kier molecular flexibility index (Phi) is 6.55. The molecule has 8 nitrogen and oxygen atoms in total. The van der Waals surface area contributed by atoms with E-state index >= 15 is 0 Å². The van der Waals surface area contributed by atoms with E-state index in [-0.39, 0.29) is 17.5 Å². The average Bonchev–Trinajstić information content (AvgIpc) is 2.74. The van der Waals surface area contributed by atoms with Crippen molar-refractivity contribution in [2.75, 3.05) is 13.6 Å². The first-order valence-corrected chi connectivity index (χ1v) is 8.92. The van der Waals surface area contributed by atoms with Gasteiger partial charge in [0, 0.05) is 19.5 Å².